The summed E-state index contributed by atoms with van der Waals surface area (Å²) in [5.74, 6) is 1.10. The summed E-state index contributed by atoms with van der Waals surface area (Å²) in [6, 6.07) is 0. The molecule has 0 fully saturated rings. The summed E-state index contributed by atoms with van der Waals surface area (Å²) in [5.41, 5.74) is 3.02. The first-order chi connectivity index (χ1) is 7.56. The van der Waals surface area contributed by atoms with Gasteiger partial charge in [0.15, 0.2) is 5.82 Å². The molecule has 0 radical (unpaired) electrons. The van der Waals surface area contributed by atoms with Crippen LogP contribution in [0.1, 0.15) is 50.7 Å². The maximum atomic E-state index is 5.41. The highest BCUT2D eigenvalue weighted by atomic mass is 16.5. The van der Waals surface area contributed by atoms with Crippen LogP contribution in [0.4, 0.5) is 0 Å². The van der Waals surface area contributed by atoms with Crippen molar-refractivity contribution < 1.29 is 4.74 Å². The van der Waals surface area contributed by atoms with Crippen molar-refractivity contribution in [3.05, 3.63) is 29.9 Å². The normalized spacial score (nSPS) is 10.8. The molecular weight excluding hydrogens is 200 g/mol. The Hall–Kier alpha value is -1.22. The lowest BCUT2D eigenvalue weighted by Crippen LogP contribution is -2.06. The van der Waals surface area contributed by atoms with Gasteiger partial charge < -0.3 is 4.74 Å². The van der Waals surface area contributed by atoms with Crippen LogP contribution in [0.2, 0.25) is 0 Å². The van der Waals surface area contributed by atoms with Crippen molar-refractivity contribution in [1.82, 2.24) is 9.97 Å². The lowest BCUT2D eigenvalue weighted by Gasteiger charge is -2.12. The van der Waals surface area contributed by atoms with Crippen LogP contribution in [-0.2, 0) is 11.3 Å². The Morgan fingerprint density at radius 2 is 2.19 bits per heavy atom. The fourth-order valence-electron chi connectivity index (χ4n) is 1.45. The van der Waals surface area contributed by atoms with E-state index < -0.39 is 0 Å². The summed E-state index contributed by atoms with van der Waals surface area (Å²) in [7, 11) is 0. The van der Waals surface area contributed by atoms with Crippen molar-refractivity contribution in [3.63, 3.8) is 0 Å². The molecule has 0 N–H and O–H groups in total. The molecule has 3 heteroatoms. The fourth-order valence-corrected chi connectivity index (χ4v) is 1.45. The Morgan fingerprint density at radius 3 is 2.69 bits per heavy atom. The summed E-state index contributed by atoms with van der Waals surface area (Å²) in [5, 5.41) is 0. The van der Waals surface area contributed by atoms with Crippen LogP contribution in [0.3, 0.4) is 0 Å². The summed E-state index contributed by atoms with van der Waals surface area (Å²) in [4.78, 5) is 8.82. The van der Waals surface area contributed by atoms with E-state index in [1.807, 2.05) is 20.0 Å². The zero-order valence-electron chi connectivity index (χ0n) is 10.6. The van der Waals surface area contributed by atoms with Crippen LogP contribution in [0.25, 0.3) is 5.57 Å². The molecule has 16 heavy (non-hydrogen) atoms. The Kier molecular flexibility index (Phi) is 4.62. The Bertz CT molecular complexity index is 372. The molecule has 1 rings (SSSR count). The zero-order chi connectivity index (χ0) is 12.1. The first-order valence-electron chi connectivity index (χ1n) is 5.65. The molecule has 0 aromatic carbocycles. The van der Waals surface area contributed by atoms with Crippen LogP contribution in [-0.4, -0.2) is 16.6 Å². The summed E-state index contributed by atoms with van der Waals surface area (Å²) in [6.07, 6.45) is 1.85. The number of rotatable bonds is 5. The molecular formula is C13H20N2O. The molecule has 0 aliphatic rings. The molecule has 0 saturated heterocycles. The Labute approximate surface area is 97.6 Å². The predicted molar refractivity (Wildman–Crippen MR) is 66.2 cm³/mol. The van der Waals surface area contributed by atoms with Gasteiger partial charge in [-0.15, -0.1) is 0 Å². The number of hydrogen-bond acceptors (Lipinski definition) is 3. The topological polar surface area (TPSA) is 35.0 Å². The Balaban J connectivity index is 3.04. The van der Waals surface area contributed by atoms with Crippen molar-refractivity contribution >= 4 is 5.57 Å². The maximum absolute atomic E-state index is 5.41. The number of nitrogens with zero attached hydrogens (tertiary/aromatic N) is 2. The second kappa shape index (κ2) is 5.75. The molecule has 3 nitrogen and oxygen atoms in total. The summed E-state index contributed by atoms with van der Waals surface area (Å²) < 4.78 is 5.41. The maximum Gasteiger partial charge on any atom is 0.154 e. The minimum Gasteiger partial charge on any atom is -0.377 e. The molecule has 0 atom stereocenters. The van der Waals surface area contributed by atoms with Crippen LogP contribution in [0, 0.1) is 0 Å². The van der Waals surface area contributed by atoms with Gasteiger partial charge in [0.05, 0.1) is 12.3 Å². The molecule has 0 spiro atoms. The molecule has 1 aromatic rings. The van der Waals surface area contributed by atoms with Crippen LogP contribution >= 0.6 is 0 Å². The van der Waals surface area contributed by atoms with Crippen molar-refractivity contribution in [2.24, 2.45) is 0 Å². The summed E-state index contributed by atoms with van der Waals surface area (Å²) >= 11 is 0. The van der Waals surface area contributed by atoms with Crippen LogP contribution < -0.4 is 0 Å². The first-order valence-corrected chi connectivity index (χ1v) is 5.65. The van der Waals surface area contributed by atoms with E-state index >= 15 is 0 Å². The van der Waals surface area contributed by atoms with E-state index in [1.165, 1.54) is 0 Å². The van der Waals surface area contributed by atoms with Crippen molar-refractivity contribution in [2.75, 3.05) is 6.61 Å². The third-order valence-corrected chi connectivity index (χ3v) is 2.29. The van der Waals surface area contributed by atoms with Crippen molar-refractivity contribution in [3.8, 4) is 0 Å². The van der Waals surface area contributed by atoms with Crippen LogP contribution in [0.15, 0.2) is 12.8 Å². The molecule has 0 aliphatic carbocycles. The highest BCUT2D eigenvalue weighted by molar-refractivity contribution is 5.54. The lowest BCUT2D eigenvalue weighted by molar-refractivity contribution is 0.132. The van der Waals surface area contributed by atoms with E-state index in [0.717, 1.165) is 22.7 Å². The van der Waals surface area contributed by atoms with Crippen molar-refractivity contribution in [1.29, 1.82) is 0 Å². The smallest absolute Gasteiger partial charge is 0.154 e. The number of ether oxygens (including phenoxy) is 1. The molecule has 1 heterocycles. The van der Waals surface area contributed by atoms with E-state index in [0.29, 0.717) is 19.1 Å². The van der Waals surface area contributed by atoms with Gasteiger partial charge in [-0.2, -0.15) is 0 Å². The monoisotopic (exact) mass is 220 g/mol. The minimum atomic E-state index is 0.372. The van der Waals surface area contributed by atoms with Gasteiger partial charge in [0.1, 0.15) is 0 Å². The van der Waals surface area contributed by atoms with E-state index in [1.54, 1.807) is 0 Å². The second-order valence-electron chi connectivity index (χ2n) is 4.18. The zero-order valence-corrected chi connectivity index (χ0v) is 10.6. The standard InChI is InChI=1S/C13H20N2O/c1-6-16-8-11-7-14-13(10(4)5)15-12(11)9(2)3/h7,9H,4,6,8H2,1-3,5H3. The molecule has 88 valence electrons. The van der Waals surface area contributed by atoms with Crippen LogP contribution in [0.5, 0.6) is 0 Å². The minimum absolute atomic E-state index is 0.372. The van der Waals surface area contributed by atoms with Gasteiger partial charge in [-0.1, -0.05) is 20.4 Å². The molecule has 0 saturated carbocycles. The summed E-state index contributed by atoms with van der Waals surface area (Å²) in [6.45, 7) is 13.3. The second-order valence-corrected chi connectivity index (χ2v) is 4.18. The number of aromatic nitrogens is 2. The lowest BCUT2D eigenvalue weighted by atomic mass is 10.1. The Morgan fingerprint density at radius 1 is 1.50 bits per heavy atom. The van der Waals surface area contributed by atoms with Gasteiger partial charge >= 0.3 is 0 Å². The van der Waals surface area contributed by atoms with Gasteiger partial charge in [0.25, 0.3) is 0 Å². The quantitative estimate of drug-likeness (QED) is 0.764. The average Bonchev–Trinajstić information content (AvgIpc) is 2.25. The van der Waals surface area contributed by atoms with E-state index in [-0.39, 0.29) is 0 Å². The molecule has 0 aliphatic heterocycles. The van der Waals surface area contributed by atoms with Gasteiger partial charge in [-0.05, 0) is 25.3 Å². The molecule has 1 aromatic heterocycles. The number of allylic oxidation sites excluding steroid dienone is 1. The first kappa shape index (κ1) is 12.8. The number of hydrogen-bond donors (Lipinski definition) is 0. The van der Waals surface area contributed by atoms with Gasteiger partial charge in [-0.25, -0.2) is 9.97 Å². The van der Waals surface area contributed by atoms with E-state index in [4.69, 9.17) is 4.74 Å². The largest absolute Gasteiger partial charge is 0.377 e. The van der Waals surface area contributed by atoms with E-state index in [9.17, 15) is 0 Å². The van der Waals surface area contributed by atoms with Crippen molar-refractivity contribution in [2.45, 2.75) is 40.2 Å². The third kappa shape index (κ3) is 3.14. The molecule has 0 unspecified atom stereocenters. The average molecular weight is 220 g/mol. The van der Waals surface area contributed by atoms with Gasteiger partial charge in [0, 0.05) is 18.4 Å². The predicted octanol–water partition coefficient (Wildman–Crippen LogP) is 3.17. The third-order valence-electron chi connectivity index (χ3n) is 2.29. The molecule has 0 amide bonds. The highest BCUT2D eigenvalue weighted by Crippen LogP contribution is 2.19. The van der Waals surface area contributed by atoms with E-state index in [2.05, 4.69) is 30.4 Å². The highest BCUT2D eigenvalue weighted by Gasteiger charge is 2.11. The van der Waals surface area contributed by atoms with Gasteiger partial charge in [0.2, 0.25) is 0 Å². The fraction of sp³-hybridized carbons (Fsp3) is 0.538. The van der Waals surface area contributed by atoms with Gasteiger partial charge in [-0.3, -0.25) is 0 Å². The SMILES string of the molecule is C=C(C)c1ncc(COCC)c(C(C)C)n1. The molecule has 0 bridgehead atoms.